The second-order valence-corrected chi connectivity index (χ2v) is 5.75. The Morgan fingerprint density at radius 3 is 2.23 bits per heavy atom. The van der Waals surface area contributed by atoms with Gasteiger partial charge in [-0.15, -0.1) is 12.4 Å². The third kappa shape index (κ3) is 5.31. The molecule has 0 radical (unpaired) electrons. The Hall–Kier alpha value is -1.59. The van der Waals surface area contributed by atoms with Gasteiger partial charge < -0.3 is 16.0 Å². The Morgan fingerprint density at radius 2 is 1.73 bits per heavy atom. The van der Waals surface area contributed by atoms with E-state index in [1.807, 2.05) is 26.0 Å². The fraction of sp³-hybridized carbons (Fsp3) is 0.500. The molecule has 1 aliphatic heterocycles. The molecule has 3 N–H and O–H groups in total. The number of rotatable bonds is 4. The van der Waals surface area contributed by atoms with Crippen LogP contribution in [0.2, 0.25) is 0 Å². The molecule has 1 atom stereocenters. The lowest BCUT2D eigenvalue weighted by atomic mass is 9.99. The number of hydrogen-bond acceptors (Lipinski definition) is 3. The van der Waals surface area contributed by atoms with Crippen molar-refractivity contribution in [2.24, 2.45) is 11.8 Å². The van der Waals surface area contributed by atoms with Gasteiger partial charge in [0.25, 0.3) is 0 Å². The van der Waals surface area contributed by atoms with Gasteiger partial charge in [-0.25, -0.2) is 0 Å². The number of piperidine rings is 1. The van der Waals surface area contributed by atoms with E-state index >= 15 is 0 Å². The van der Waals surface area contributed by atoms with E-state index in [4.69, 9.17) is 0 Å². The minimum atomic E-state index is -0.0526. The van der Waals surface area contributed by atoms with Crippen LogP contribution in [0.25, 0.3) is 0 Å². The van der Waals surface area contributed by atoms with Gasteiger partial charge in [-0.05, 0) is 43.7 Å². The summed E-state index contributed by atoms with van der Waals surface area (Å²) >= 11 is 0. The number of nitrogens with one attached hydrogen (secondary N) is 3. The van der Waals surface area contributed by atoms with Crippen LogP contribution in [0.4, 0.5) is 11.4 Å². The van der Waals surface area contributed by atoms with Gasteiger partial charge in [0.05, 0.1) is 5.92 Å². The summed E-state index contributed by atoms with van der Waals surface area (Å²) in [4.78, 5) is 23.7. The van der Waals surface area contributed by atoms with E-state index in [1.54, 1.807) is 12.1 Å². The highest BCUT2D eigenvalue weighted by molar-refractivity contribution is 5.94. The first-order valence-corrected chi connectivity index (χ1v) is 7.49. The standard InChI is InChI=1S/C16H23N3O2.ClH/c1-11(2)15(20)18-13-5-7-14(8-6-13)19-16(21)12-4-3-9-17-10-12;/h5-8,11-12,17H,3-4,9-10H2,1-2H3,(H,18,20)(H,19,21);1H/t12-;/m1./s1. The van der Waals surface area contributed by atoms with Crippen LogP contribution in [-0.2, 0) is 9.59 Å². The monoisotopic (exact) mass is 325 g/mol. The molecule has 1 aliphatic rings. The summed E-state index contributed by atoms with van der Waals surface area (Å²) < 4.78 is 0. The number of anilines is 2. The molecule has 1 aromatic rings. The highest BCUT2D eigenvalue weighted by Crippen LogP contribution is 2.17. The molecule has 0 saturated carbocycles. The van der Waals surface area contributed by atoms with Crippen LogP contribution in [0.1, 0.15) is 26.7 Å². The first-order chi connectivity index (χ1) is 10.1. The lowest BCUT2D eigenvalue weighted by Gasteiger charge is -2.21. The van der Waals surface area contributed by atoms with Crippen molar-refractivity contribution in [2.75, 3.05) is 23.7 Å². The molecule has 1 fully saturated rings. The molecule has 5 nitrogen and oxygen atoms in total. The fourth-order valence-corrected chi connectivity index (χ4v) is 2.24. The van der Waals surface area contributed by atoms with Crippen molar-refractivity contribution in [3.8, 4) is 0 Å². The Bertz CT molecular complexity index is 497. The molecule has 0 unspecified atom stereocenters. The first-order valence-electron chi connectivity index (χ1n) is 7.49. The Morgan fingerprint density at radius 1 is 1.14 bits per heavy atom. The summed E-state index contributed by atoms with van der Waals surface area (Å²) in [7, 11) is 0. The molecular formula is C16H24ClN3O2. The molecule has 1 heterocycles. The summed E-state index contributed by atoms with van der Waals surface area (Å²) in [5.74, 6) is 0.0310. The summed E-state index contributed by atoms with van der Waals surface area (Å²) in [6, 6.07) is 7.22. The van der Waals surface area contributed by atoms with Gasteiger partial charge in [-0.3, -0.25) is 9.59 Å². The second kappa shape index (κ2) is 8.76. The van der Waals surface area contributed by atoms with Crippen LogP contribution in [0.3, 0.4) is 0 Å². The molecule has 0 aromatic heterocycles. The molecule has 22 heavy (non-hydrogen) atoms. The number of benzene rings is 1. The largest absolute Gasteiger partial charge is 0.326 e. The maximum atomic E-state index is 12.1. The number of halogens is 1. The zero-order valence-electron chi connectivity index (χ0n) is 13.0. The molecule has 0 aliphatic carbocycles. The van der Waals surface area contributed by atoms with Gasteiger partial charge in [0.1, 0.15) is 0 Å². The summed E-state index contributed by atoms with van der Waals surface area (Å²) in [5.41, 5.74) is 1.50. The maximum absolute atomic E-state index is 12.1. The average molecular weight is 326 g/mol. The number of amides is 2. The Balaban J connectivity index is 0.00000242. The molecule has 1 saturated heterocycles. The van der Waals surface area contributed by atoms with Crippen LogP contribution < -0.4 is 16.0 Å². The van der Waals surface area contributed by atoms with E-state index in [-0.39, 0.29) is 36.1 Å². The van der Waals surface area contributed by atoms with Crippen molar-refractivity contribution >= 4 is 35.6 Å². The van der Waals surface area contributed by atoms with Crippen LogP contribution >= 0.6 is 12.4 Å². The Kier molecular flexibility index (Phi) is 7.35. The molecule has 6 heteroatoms. The van der Waals surface area contributed by atoms with E-state index in [9.17, 15) is 9.59 Å². The van der Waals surface area contributed by atoms with Gasteiger partial charge >= 0.3 is 0 Å². The average Bonchev–Trinajstić information content (AvgIpc) is 2.50. The van der Waals surface area contributed by atoms with Crippen LogP contribution in [0.5, 0.6) is 0 Å². The molecule has 0 bridgehead atoms. The third-order valence-corrected chi connectivity index (χ3v) is 3.61. The molecule has 1 aromatic carbocycles. The normalized spacial score (nSPS) is 17.5. The molecular weight excluding hydrogens is 302 g/mol. The van der Waals surface area contributed by atoms with E-state index in [0.717, 1.165) is 37.3 Å². The third-order valence-electron chi connectivity index (χ3n) is 3.61. The zero-order valence-corrected chi connectivity index (χ0v) is 13.8. The Labute approximate surface area is 137 Å². The van der Waals surface area contributed by atoms with Crippen molar-refractivity contribution in [1.29, 1.82) is 0 Å². The van der Waals surface area contributed by atoms with Gasteiger partial charge in [0.2, 0.25) is 11.8 Å². The van der Waals surface area contributed by atoms with Crippen molar-refractivity contribution < 1.29 is 9.59 Å². The van der Waals surface area contributed by atoms with Gasteiger partial charge in [0.15, 0.2) is 0 Å². The van der Waals surface area contributed by atoms with Crippen LogP contribution in [-0.4, -0.2) is 24.9 Å². The second-order valence-electron chi connectivity index (χ2n) is 5.75. The summed E-state index contributed by atoms with van der Waals surface area (Å²) in [6.45, 7) is 5.44. The number of carbonyl (C=O) groups is 2. The smallest absolute Gasteiger partial charge is 0.228 e. The highest BCUT2D eigenvalue weighted by atomic mass is 35.5. The number of carbonyl (C=O) groups excluding carboxylic acids is 2. The lowest BCUT2D eigenvalue weighted by molar-refractivity contribution is -0.120. The predicted octanol–water partition coefficient (Wildman–Crippen LogP) is 2.64. The van der Waals surface area contributed by atoms with E-state index in [1.165, 1.54) is 0 Å². The minimum absolute atomic E-state index is 0. The lowest BCUT2D eigenvalue weighted by Crippen LogP contribution is -2.37. The molecule has 2 rings (SSSR count). The molecule has 122 valence electrons. The zero-order chi connectivity index (χ0) is 15.2. The summed E-state index contributed by atoms with van der Waals surface area (Å²) in [6.07, 6.45) is 1.97. The van der Waals surface area contributed by atoms with E-state index in [0.29, 0.717) is 0 Å². The quantitative estimate of drug-likeness (QED) is 0.797. The highest BCUT2D eigenvalue weighted by Gasteiger charge is 2.20. The van der Waals surface area contributed by atoms with Crippen molar-refractivity contribution in [3.05, 3.63) is 24.3 Å². The summed E-state index contributed by atoms with van der Waals surface area (Å²) in [5, 5.41) is 8.98. The minimum Gasteiger partial charge on any atom is -0.326 e. The topological polar surface area (TPSA) is 70.2 Å². The van der Waals surface area contributed by atoms with E-state index < -0.39 is 0 Å². The predicted molar refractivity (Wildman–Crippen MR) is 91.4 cm³/mol. The van der Waals surface area contributed by atoms with Gasteiger partial charge in [-0.2, -0.15) is 0 Å². The van der Waals surface area contributed by atoms with E-state index in [2.05, 4.69) is 16.0 Å². The SMILES string of the molecule is CC(C)C(=O)Nc1ccc(NC(=O)[C@@H]2CCCNC2)cc1.Cl. The van der Waals surface area contributed by atoms with Crippen molar-refractivity contribution in [1.82, 2.24) is 5.32 Å². The molecule has 0 spiro atoms. The van der Waals surface area contributed by atoms with Gasteiger partial charge in [0, 0.05) is 23.8 Å². The van der Waals surface area contributed by atoms with Crippen molar-refractivity contribution in [2.45, 2.75) is 26.7 Å². The van der Waals surface area contributed by atoms with Crippen molar-refractivity contribution in [3.63, 3.8) is 0 Å². The fourth-order valence-electron chi connectivity index (χ4n) is 2.24. The van der Waals surface area contributed by atoms with Crippen LogP contribution in [0, 0.1) is 11.8 Å². The van der Waals surface area contributed by atoms with Gasteiger partial charge in [-0.1, -0.05) is 13.8 Å². The molecule has 2 amide bonds. The van der Waals surface area contributed by atoms with Crippen LogP contribution in [0.15, 0.2) is 24.3 Å². The number of hydrogen-bond donors (Lipinski definition) is 3. The maximum Gasteiger partial charge on any atom is 0.228 e. The first kappa shape index (κ1) is 18.5.